The summed E-state index contributed by atoms with van der Waals surface area (Å²) < 4.78 is 0. The van der Waals surface area contributed by atoms with Crippen molar-refractivity contribution >= 4 is 17.8 Å². The van der Waals surface area contributed by atoms with Crippen molar-refractivity contribution in [1.29, 1.82) is 0 Å². The molecule has 0 aliphatic rings. The van der Waals surface area contributed by atoms with Crippen molar-refractivity contribution in [2.24, 2.45) is 0 Å². The third kappa shape index (κ3) is 10.3. The minimum absolute atomic E-state index is 0. The van der Waals surface area contributed by atoms with Crippen molar-refractivity contribution in [1.82, 2.24) is 0 Å². The number of rotatable bonds is 2. The van der Waals surface area contributed by atoms with Crippen LogP contribution in [-0.4, -0.2) is 19.2 Å². The number of carboxylic acid groups (broad SMARTS) is 1. The first-order chi connectivity index (χ1) is 6.65. The number of carbonyl (C=O) groups is 1. The Kier molecular flexibility index (Phi) is 19.8. The number of hydrogen-bond acceptors (Lipinski definition) is 5. The molecule has 0 aliphatic heterocycles. The van der Waals surface area contributed by atoms with Crippen molar-refractivity contribution in [2.75, 3.05) is 12.4 Å². The molecule has 0 amide bonds. The van der Waals surface area contributed by atoms with Gasteiger partial charge in [0.05, 0.1) is 0 Å². The molecule has 0 radical (unpaired) electrons. The third-order valence-electron chi connectivity index (χ3n) is 1.31. The fourth-order valence-electron chi connectivity index (χ4n) is 0.738. The summed E-state index contributed by atoms with van der Waals surface area (Å²) in [7, 11) is 1.70. The number of carboxylic acids is 1. The molecule has 16 heavy (non-hydrogen) atoms. The topological polar surface area (TPSA) is 86.3 Å². The summed E-state index contributed by atoms with van der Waals surface area (Å²) in [6, 6.07) is 7.26. The second kappa shape index (κ2) is 14.2. The van der Waals surface area contributed by atoms with Crippen molar-refractivity contribution in [3.63, 3.8) is 0 Å². The minimum atomic E-state index is -1.17. The van der Waals surface area contributed by atoms with Crippen LogP contribution >= 0.6 is 0 Å². The Labute approximate surface area is 178 Å². The first kappa shape index (κ1) is 22.3. The number of anilines is 1. The maximum atomic E-state index is 10.3. The Morgan fingerprint density at radius 2 is 1.94 bits per heavy atom. The zero-order valence-corrected chi connectivity index (χ0v) is 15.6. The van der Waals surface area contributed by atoms with Crippen LogP contribution in [0.15, 0.2) is 18.2 Å². The van der Waals surface area contributed by atoms with Gasteiger partial charge in [-0.1, -0.05) is 5.69 Å². The van der Waals surface area contributed by atoms with Gasteiger partial charge in [0.2, 0.25) is 0 Å². The van der Waals surface area contributed by atoms with Crippen LogP contribution in [0, 0.1) is 6.07 Å². The number of nitrogens with one attached hydrogen (secondary N) is 1. The van der Waals surface area contributed by atoms with Gasteiger partial charge in [0, 0.05) is 13.0 Å². The predicted octanol–water partition coefficient (Wildman–Crippen LogP) is -6.68. The molecule has 0 aromatic heterocycles. The Morgan fingerprint density at radius 3 is 2.31 bits per heavy atom. The Balaban J connectivity index is -0.000000306. The molecule has 7 heteroatoms. The van der Waals surface area contributed by atoms with Crippen molar-refractivity contribution in [2.45, 2.75) is 0 Å². The molecular weight excluding hydrogens is 264 g/mol. The van der Waals surface area contributed by atoms with Gasteiger partial charge in [-0.3, -0.25) is 0 Å². The van der Waals surface area contributed by atoms with Crippen LogP contribution in [0.3, 0.4) is 0 Å². The molecule has 0 spiro atoms. The molecule has 1 aromatic rings. The molecule has 74 valence electrons. The standard InChI is InChI=1S/C8H8NO2.CO2.2K/c1-9-7-4-2-3-6(5-7)8(10)11;2-1-3;;/h2-3,5,9H,1H3,(H,10,11);;;/q-1;;2*+1/p-1. The van der Waals surface area contributed by atoms with Gasteiger partial charge in [0.15, 0.2) is 0 Å². The van der Waals surface area contributed by atoms with Gasteiger partial charge in [-0.15, -0.1) is 11.6 Å². The third-order valence-corrected chi connectivity index (χ3v) is 1.31. The maximum absolute atomic E-state index is 10.3. The van der Waals surface area contributed by atoms with Gasteiger partial charge in [-0.05, 0) is 0 Å². The van der Waals surface area contributed by atoms with E-state index < -0.39 is 5.97 Å². The van der Waals surface area contributed by atoms with Crippen molar-refractivity contribution in [3.8, 4) is 0 Å². The van der Waals surface area contributed by atoms with Gasteiger partial charge in [0.1, 0.15) is 0 Å². The molecule has 1 rings (SSSR count). The monoisotopic (exact) mass is 271 g/mol. The molecule has 5 nitrogen and oxygen atoms in total. The van der Waals surface area contributed by atoms with Crippen molar-refractivity contribution in [3.05, 3.63) is 29.8 Å². The Bertz CT molecular complexity index is 351. The SMILES string of the molecule is CNc1[c-]ccc(C(=O)[O-])c1.O=C=O.[K+].[K+]. The van der Waals surface area contributed by atoms with E-state index in [9.17, 15) is 9.90 Å². The molecule has 0 saturated carbocycles. The zero-order valence-electron chi connectivity index (χ0n) is 9.37. The van der Waals surface area contributed by atoms with E-state index in [1.807, 2.05) is 0 Å². The smallest absolute Gasteiger partial charge is 0.547 e. The average molecular weight is 271 g/mol. The van der Waals surface area contributed by atoms with E-state index in [0.29, 0.717) is 5.69 Å². The summed E-state index contributed by atoms with van der Waals surface area (Å²) in [5.41, 5.74) is 0.805. The summed E-state index contributed by atoms with van der Waals surface area (Å²) in [6.07, 6.45) is 0.250. The summed E-state index contributed by atoms with van der Waals surface area (Å²) in [6.45, 7) is 0. The number of aromatic carboxylic acids is 1. The molecule has 0 unspecified atom stereocenters. The molecular formula is C9H7K2NO4. The van der Waals surface area contributed by atoms with E-state index in [-0.39, 0.29) is 114 Å². The molecule has 0 bridgehead atoms. The fraction of sp³-hybridized carbons (Fsp3) is 0.111. The molecule has 0 fully saturated rings. The Morgan fingerprint density at radius 1 is 1.44 bits per heavy atom. The van der Waals surface area contributed by atoms with E-state index in [1.54, 1.807) is 7.05 Å². The van der Waals surface area contributed by atoms with E-state index in [0.717, 1.165) is 0 Å². The van der Waals surface area contributed by atoms with E-state index in [1.165, 1.54) is 18.2 Å². The quantitative estimate of drug-likeness (QED) is 0.427. The number of benzene rings is 1. The van der Waals surface area contributed by atoms with Crippen LogP contribution in [0.5, 0.6) is 0 Å². The van der Waals surface area contributed by atoms with Crippen LogP contribution in [-0.2, 0) is 9.59 Å². The van der Waals surface area contributed by atoms with Crippen molar-refractivity contribution < 1.29 is 122 Å². The summed E-state index contributed by atoms with van der Waals surface area (Å²) in [5.74, 6) is -1.17. The normalized spacial score (nSPS) is 6.81. The van der Waals surface area contributed by atoms with Gasteiger partial charge >= 0.3 is 109 Å². The van der Waals surface area contributed by atoms with Crippen LogP contribution in [0.25, 0.3) is 0 Å². The fourth-order valence-corrected chi connectivity index (χ4v) is 0.738. The molecule has 0 atom stereocenters. The van der Waals surface area contributed by atoms with E-state index in [4.69, 9.17) is 9.59 Å². The first-order valence-electron chi connectivity index (χ1n) is 3.55. The summed E-state index contributed by atoms with van der Waals surface area (Å²) >= 11 is 0. The van der Waals surface area contributed by atoms with Crippen LogP contribution in [0.2, 0.25) is 0 Å². The minimum Gasteiger partial charge on any atom is -0.547 e. The largest absolute Gasteiger partial charge is 1.00 e. The Hall–Kier alpha value is 1.14. The molecule has 1 N–H and O–H groups in total. The second-order valence-electron chi connectivity index (χ2n) is 2.11. The predicted molar refractivity (Wildman–Crippen MR) is 44.2 cm³/mol. The summed E-state index contributed by atoms with van der Waals surface area (Å²) in [4.78, 5) is 26.6. The van der Waals surface area contributed by atoms with Gasteiger partial charge in [-0.25, -0.2) is 0 Å². The molecule has 1 aromatic carbocycles. The second-order valence-corrected chi connectivity index (χ2v) is 2.11. The van der Waals surface area contributed by atoms with Crippen LogP contribution in [0.4, 0.5) is 5.69 Å². The van der Waals surface area contributed by atoms with Gasteiger partial charge < -0.3 is 15.2 Å². The van der Waals surface area contributed by atoms with Crippen LogP contribution < -0.4 is 113 Å². The average Bonchev–Trinajstić information content (AvgIpc) is 2.19. The van der Waals surface area contributed by atoms with E-state index in [2.05, 4.69) is 11.4 Å². The van der Waals surface area contributed by atoms with Crippen LogP contribution in [0.1, 0.15) is 10.4 Å². The number of hydrogen-bond donors (Lipinski definition) is 1. The first-order valence-corrected chi connectivity index (χ1v) is 3.55. The van der Waals surface area contributed by atoms with E-state index >= 15 is 0 Å². The summed E-state index contributed by atoms with van der Waals surface area (Å²) in [5, 5.41) is 13.1. The zero-order chi connectivity index (χ0) is 11.0. The van der Waals surface area contributed by atoms with Gasteiger partial charge in [-0.2, -0.15) is 27.8 Å². The molecule has 0 saturated heterocycles. The molecule has 0 aliphatic carbocycles. The molecule has 0 heterocycles. The maximum Gasteiger partial charge on any atom is 1.00 e. The van der Waals surface area contributed by atoms with Gasteiger partial charge in [0.25, 0.3) is 0 Å². The number of carbonyl (C=O) groups excluding carboxylic acids is 3.